The molecule has 2 aliphatic carbocycles. The van der Waals surface area contributed by atoms with Crippen LogP contribution in [0.3, 0.4) is 0 Å². The molecule has 0 aromatic carbocycles. The van der Waals surface area contributed by atoms with E-state index in [1.54, 1.807) is 0 Å². The molecule has 3 rings (SSSR count). The van der Waals surface area contributed by atoms with E-state index in [0.717, 1.165) is 25.8 Å². The molecule has 1 N–H and O–H groups in total. The second-order valence-corrected chi connectivity index (χ2v) is 6.55. The van der Waals surface area contributed by atoms with Gasteiger partial charge in [0, 0.05) is 18.5 Å². The van der Waals surface area contributed by atoms with Gasteiger partial charge in [0.05, 0.1) is 6.10 Å². The summed E-state index contributed by atoms with van der Waals surface area (Å²) in [6, 6.07) is 0.299. The van der Waals surface area contributed by atoms with Crippen molar-refractivity contribution in [1.82, 2.24) is 4.90 Å². The molecule has 1 aliphatic heterocycles. The van der Waals surface area contributed by atoms with Crippen molar-refractivity contribution in [1.29, 1.82) is 0 Å². The van der Waals surface area contributed by atoms with Crippen molar-refractivity contribution in [3.05, 3.63) is 0 Å². The zero-order chi connectivity index (χ0) is 12.7. The molecule has 18 heavy (non-hydrogen) atoms. The van der Waals surface area contributed by atoms with Crippen LogP contribution in [0.2, 0.25) is 0 Å². The smallest absolute Gasteiger partial charge is 0.226 e. The number of amides is 1. The summed E-state index contributed by atoms with van der Waals surface area (Å²) in [6.07, 6.45) is 7.78. The molecule has 3 nitrogen and oxygen atoms in total. The molecule has 0 bridgehead atoms. The summed E-state index contributed by atoms with van der Waals surface area (Å²) in [5.41, 5.74) is 0. The molecule has 1 saturated heterocycles. The van der Waals surface area contributed by atoms with Crippen LogP contribution < -0.4 is 0 Å². The fourth-order valence-corrected chi connectivity index (χ4v) is 4.31. The van der Waals surface area contributed by atoms with Gasteiger partial charge in [0.25, 0.3) is 0 Å². The Kier molecular flexibility index (Phi) is 3.35. The molecule has 4 atom stereocenters. The molecule has 4 unspecified atom stereocenters. The van der Waals surface area contributed by atoms with E-state index in [2.05, 4.69) is 4.90 Å². The number of fused-ring (bicyclic) bond motifs is 1. The molecule has 3 heteroatoms. The highest BCUT2D eigenvalue weighted by Crippen LogP contribution is 2.58. The van der Waals surface area contributed by atoms with E-state index in [9.17, 15) is 9.90 Å². The first-order chi connectivity index (χ1) is 8.68. The summed E-state index contributed by atoms with van der Waals surface area (Å²) < 4.78 is 0. The van der Waals surface area contributed by atoms with Crippen molar-refractivity contribution in [2.75, 3.05) is 6.54 Å². The molecular weight excluding hydrogens is 226 g/mol. The van der Waals surface area contributed by atoms with Crippen LogP contribution in [0.15, 0.2) is 0 Å². The number of piperidine rings is 1. The van der Waals surface area contributed by atoms with Crippen LogP contribution >= 0.6 is 0 Å². The summed E-state index contributed by atoms with van der Waals surface area (Å²) in [7, 11) is 0. The Morgan fingerprint density at radius 2 is 1.94 bits per heavy atom. The van der Waals surface area contributed by atoms with E-state index in [0.29, 0.717) is 29.7 Å². The van der Waals surface area contributed by atoms with Crippen molar-refractivity contribution < 1.29 is 9.90 Å². The van der Waals surface area contributed by atoms with Gasteiger partial charge in [-0.3, -0.25) is 4.79 Å². The van der Waals surface area contributed by atoms with E-state index in [1.165, 1.54) is 25.7 Å². The number of aliphatic hydroxyl groups is 1. The average Bonchev–Trinajstić information content (AvgIpc) is 2.81. The highest BCUT2D eigenvalue weighted by molar-refractivity contribution is 5.83. The Bertz CT molecular complexity index is 318. The number of likely N-dealkylation sites (tertiary alicyclic amines) is 1. The van der Waals surface area contributed by atoms with Gasteiger partial charge in [0.15, 0.2) is 0 Å². The summed E-state index contributed by atoms with van der Waals surface area (Å²) in [5.74, 6) is 2.20. The number of nitrogens with zero attached hydrogens (tertiary/aromatic N) is 1. The van der Waals surface area contributed by atoms with E-state index in [4.69, 9.17) is 0 Å². The maximum atomic E-state index is 12.6. The Hall–Kier alpha value is -0.570. The second kappa shape index (κ2) is 4.84. The standard InChI is InChI=1S/C15H25NO2/c1-10(17)9-11-5-2-3-8-16(11)15(18)14-12-6-4-7-13(12)14/h10-14,17H,2-9H2,1H3. The normalized spacial score (nSPS) is 40.4. The minimum Gasteiger partial charge on any atom is -0.393 e. The topological polar surface area (TPSA) is 40.5 Å². The van der Waals surface area contributed by atoms with Crippen LogP contribution in [0.5, 0.6) is 0 Å². The Morgan fingerprint density at radius 1 is 1.22 bits per heavy atom. The number of rotatable bonds is 3. The maximum Gasteiger partial charge on any atom is 0.226 e. The van der Waals surface area contributed by atoms with Crippen molar-refractivity contribution >= 4 is 5.91 Å². The van der Waals surface area contributed by atoms with E-state index < -0.39 is 0 Å². The zero-order valence-corrected chi connectivity index (χ0v) is 11.3. The zero-order valence-electron chi connectivity index (χ0n) is 11.3. The lowest BCUT2D eigenvalue weighted by molar-refractivity contribution is -0.137. The van der Waals surface area contributed by atoms with Crippen LogP contribution in [0.25, 0.3) is 0 Å². The van der Waals surface area contributed by atoms with Gasteiger partial charge in [0.1, 0.15) is 0 Å². The number of hydrogen-bond acceptors (Lipinski definition) is 2. The van der Waals surface area contributed by atoms with Gasteiger partial charge in [0.2, 0.25) is 5.91 Å². The Labute approximate surface area is 110 Å². The minimum absolute atomic E-state index is 0.290. The van der Waals surface area contributed by atoms with Gasteiger partial charge in [-0.25, -0.2) is 0 Å². The molecule has 1 amide bonds. The average molecular weight is 251 g/mol. The van der Waals surface area contributed by atoms with Gasteiger partial charge in [-0.2, -0.15) is 0 Å². The summed E-state index contributed by atoms with van der Waals surface area (Å²) in [5, 5.41) is 9.58. The molecular formula is C15H25NO2. The molecule has 3 fully saturated rings. The third-order valence-corrected chi connectivity index (χ3v) is 5.22. The third-order valence-electron chi connectivity index (χ3n) is 5.22. The summed E-state index contributed by atoms with van der Waals surface area (Å²) >= 11 is 0. The molecule has 3 aliphatic rings. The minimum atomic E-state index is -0.290. The van der Waals surface area contributed by atoms with Crippen molar-refractivity contribution in [2.45, 2.75) is 64.0 Å². The van der Waals surface area contributed by atoms with Gasteiger partial charge in [-0.15, -0.1) is 0 Å². The highest BCUT2D eigenvalue weighted by Gasteiger charge is 2.57. The lowest BCUT2D eigenvalue weighted by Crippen LogP contribution is -2.46. The van der Waals surface area contributed by atoms with Crippen LogP contribution in [-0.4, -0.2) is 34.6 Å². The van der Waals surface area contributed by atoms with E-state index >= 15 is 0 Å². The van der Waals surface area contributed by atoms with E-state index in [1.807, 2.05) is 6.92 Å². The Morgan fingerprint density at radius 3 is 2.61 bits per heavy atom. The van der Waals surface area contributed by atoms with Gasteiger partial charge in [-0.1, -0.05) is 6.42 Å². The fourth-order valence-electron chi connectivity index (χ4n) is 4.31. The SMILES string of the molecule is CC(O)CC1CCCCN1C(=O)C1C2CCCC21. The van der Waals surface area contributed by atoms with Crippen molar-refractivity contribution in [3.63, 3.8) is 0 Å². The maximum absolute atomic E-state index is 12.6. The van der Waals surface area contributed by atoms with Crippen molar-refractivity contribution in [3.8, 4) is 0 Å². The van der Waals surface area contributed by atoms with E-state index in [-0.39, 0.29) is 6.10 Å². The fraction of sp³-hybridized carbons (Fsp3) is 0.933. The van der Waals surface area contributed by atoms with Gasteiger partial charge in [-0.05, 0) is 57.3 Å². The Balaban J connectivity index is 1.63. The summed E-state index contributed by atoms with van der Waals surface area (Å²) in [6.45, 7) is 2.76. The van der Waals surface area contributed by atoms with Crippen LogP contribution in [0.4, 0.5) is 0 Å². The molecule has 1 heterocycles. The predicted octanol–water partition coefficient (Wildman–Crippen LogP) is 2.18. The summed E-state index contributed by atoms with van der Waals surface area (Å²) in [4.78, 5) is 14.7. The lowest BCUT2D eigenvalue weighted by atomic mass is 9.96. The first-order valence-corrected chi connectivity index (χ1v) is 7.67. The quantitative estimate of drug-likeness (QED) is 0.835. The molecule has 0 spiro atoms. The largest absolute Gasteiger partial charge is 0.393 e. The second-order valence-electron chi connectivity index (χ2n) is 6.55. The number of aliphatic hydroxyl groups excluding tert-OH is 1. The van der Waals surface area contributed by atoms with Crippen molar-refractivity contribution in [2.24, 2.45) is 17.8 Å². The first kappa shape index (κ1) is 12.5. The molecule has 0 aromatic heterocycles. The third kappa shape index (κ3) is 2.18. The molecule has 102 valence electrons. The predicted molar refractivity (Wildman–Crippen MR) is 70.0 cm³/mol. The molecule has 0 radical (unpaired) electrons. The van der Waals surface area contributed by atoms with Crippen LogP contribution in [0, 0.1) is 17.8 Å². The van der Waals surface area contributed by atoms with Crippen LogP contribution in [0.1, 0.15) is 51.9 Å². The first-order valence-electron chi connectivity index (χ1n) is 7.67. The van der Waals surface area contributed by atoms with Gasteiger partial charge >= 0.3 is 0 Å². The molecule has 0 aromatic rings. The lowest BCUT2D eigenvalue weighted by Gasteiger charge is -2.37. The number of hydrogen-bond donors (Lipinski definition) is 1. The highest BCUT2D eigenvalue weighted by atomic mass is 16.3. The molecule has 2 saturated carbocycles. The number of carbonyl (C=O) groups is 1. The van der Waals surface area contributed by atoms with Crippen LogP contribution in [-0.2, 0) is 4.79 Å². The van der Waals surface area contributed by atoms with Gasteiger partial charge < -0.3 is 10.0 Å². The monoisotopic (exact) mass is 251 g/mol. The number of carbonyl (C=O) groups excluding carboxylic acids is 1.